The van der Waals surface area contributed by atoms with E-state index in [0.717, 1.165) is 11.6 Å². The van der Waals surface area contributed by atoms with Gasteiger partial charge in [-0.05, 0) is 24.6 Å². The molecule has 0 heterocycles. The third kappa shape index (κ3) is 4.18. The molecule has 0 unspecified atom stereocenters. The smallest absolute Gasteiger partial charge is 0.271 e. The van der Waals surface area contributed by atoms with Crippen LogP contribution in [0.25, 0.3) is 6.08 Å². The summed E-state index contributed by atoms with van der Waals surface area (Å²) in [6.45, 7) is 1.93. The van der Waals surface area contributed by atoms with Gasteiger partial charge in [-0.15, -0.1) is 0 Å². The molecule has 0 spiro atoms. The van der Waals surface area contributed by atoms with Crippen LogP contribution in [-0.4, -0.2) is 10.8 Å². The molecule has 6 nitrogen and oxygen atoms in total. The van der Waals surface area contributed by atoms with Gasteiger partial charge in [-0.1, -0.05) is 41.4 Å². The Labute approximate surface area is 143 Å². The molecule has 0 bridgehead atoms. The van der Waals surface area contributed by atoms with E-state index in [1.54, 1.807) is 12.1 Å². The minimum Gasteiger partial charge on any atom is -0.320 e. The number of nitro benzene ring substituents is 1. The molecule has 120 valence electrons. The Morgan fingerprint density at radius 2 is 1.96 bits per heavy atom. The number of amides is 1. The van der Waals surface area contributed by atoms with Crippen molar-refractivity contribution in [2.75, 3.05) is 5.32 Å². The fraction of sp³-hybridized carbons (Fsp3) is 0.0588. The molecule has 0 aromatic heterocycles. The second-order valence-corrected chi connectivity index (χ2v) is 5.36. The minimum atomic E-state index is -0.645. The number of rotatable bonds is 4. The Bertz CT molecular complexity index is 868. The second kappa shape index (κ2) is 7.40. The number of aryl methyl sites for hydroxylation is 1. The Morgan fingerprint density at radius 1 is 1.29 bits per heavy atom. The Kier molecular flexibility index (Phi) is 5.30. The molecule has 0 fully saturated rings. The lowest BCUT2D eigenvalue weighted by molar-refractivity contribution is -0.384. The van der Waals surface area contributed by atoms with E-state index in [0.29, 0.717) is 5.56 Å². The molecule has 24 heavy (non-hydrogen) atoms. The summed E-state index contributed by atoms with van der Waals surface area (Å²) < 4.78 is 0. The van der Waals surface area contributed by atoms with Gasteiger partial charge in [0.15, 0.2) is 0 Å². The van der Waals surface area contributed by atoms with Crippen LogP contribution in [0.2, 0.25) is 5.02 Å². The number of hydrogen-bond acceptors (Lipinski definition) is 4. The van der Waals surface area contributed by atoms with E-state index >= 15 is 0 Å². The van der Waals surface area contributed by atoms with Gasteiger partial charge in [0.2, 0.25) is 0 Å². The number of nitrogens with zero attached hydrogens (tertiary/aromatic N) is 2. The topological polar surface area (TPSA) is 96.0 Å². The Morgan fingerprint density at radius 3 is 2.50 bits per heavy atom. The highest BCUT2D eigenvalue weighted by molar-refractivity contribution is 6.34. The first-order chi connectivity index (χ1) is 11.4. The number of nitro groups is 1. The van der Waals surface area contributed by atoms with E-state index in [1.807, 2.05) is 25.1 Å². The van der Waals surface area contributed by atoms with Crippen molar-refractivity contribution in [2.24, 2.45) is 0 Å². The first-order valence-electron chi connectivity index (χ1n) is 6.84. The lowest BCUT2D eigenvalue weighted by Crippen LogP contribution is -2.13. The zero-order valence-electron chi connectivity index (χ0n) is 12.6. The van der Waals surface area contributed by atoms with Gasteiger partial charge >= 0.3 is 0 Å². The minimum absolute atomic E-state index is 0.0187. The standard InChI is InChI=1S/C17H12ClN3O3/c1-11-2-4-12(5-3-11)8-13(10-19)17(22)20-16-7-6-14(21(23)24)9-15(16)18/h2-9H,1H3,(H,20,22). The SMILES string of the molecule is Cc1ccc(C=C(C#N)C(=O)Nc2ccc([N+](=O)[O-])cc2Cl)cc1. The van der Waals surface area contributed by atoms with Gasteiger partial charge in [-0.2, -0.15) is 5.26 Å². The predicted molar refractivity (Wildman–Crippen MR) is 91.5 cm³/mol. The van der Waals surface area contributed by atoms with Gasteiger partial charge in [0.1, 0.15) is 11.6 Å². The van der Waals surface area contributed by atoms with Crippen LogP contribution in [0.3, 0.4) is 0 Å². The van der Waals surface area contributed by atoms with E-state index in [1.165, 1.54) is 18.2 Å². The maximum atomic E-state index is 12.2. The summed E-state index contributed by atoms with van der Waals surface area (Å²) in [5.41, 5.74) is 1.68. The van der Waals surface area contributed by atoms with Crippen LogP contribution in [0.15, 0.2) is 48.0 Å². The van der Waals surface area contributed by atoms with E-state index in [4.69, 9.17) is 11.6 Å². The zero-order chi connectivity index (χ0) is 17.7. The monoisotopic (exact) mass is 341 g/mol. The van der Waals surface area contributed by atoms with Gasteiger partial charge < -0.3 is 5.32 Å². The molecule has 0 aliphatic carbocycles. The number of carbonyl (C=O) groups excluding carboxylic acids is 1. The van der Waals surface area contributed by atoms with Crippen LogP contribution >= 0.6 is 11.6 Å². The molecule has 0 aliphatic rings. The molecule has 2 aromatic carbocycles. The highest BCUT2D eigenvalue weighted by atomic mass is 35.5. The predicted octanol–water partition coefficient (Wildman–Crippen LogP) is 4.10. The van der Waals surface area contributed by atoms with E-state index in [9.17, 15) is 20.2 Å². The highest BCUT2D eigenvalue weighted by Gasteiger charge is 2.14. The fourth-order valence-corrected chi connectivity index (χ4v) is 2.11. The molecule has 0 radical (unpaired) electrons. The Balaban J connectivity index is 2.22. The van der Waals surface area contributed by atoms with Crippen LogP contribution in [0.4, 0.5) is 11.4 Å². The van der Waals surface area contributed by atoms with Crippen LogP contribution in [0, 0.1) is 28.4 Å². The maximum Gasteiger partial charge on any atom is 0.271 e. The lowest BCUT2D eigenvalue weighted by Gasteiger charge is -2.06. The van der Waals surface area contributed by atoms with Crippen molar-refractivity contribution in [2.45, 2.75) is 6.92 Å². The number of carbonyl (C=O) groups is 1. The quantitative estimate of drug-likeness (QED) is 0.392. The largest absolute Gasteiger partial charge is 0.320 e. The third-order valence-corrected chi connectivity index (χ3v) is 3.48. The second-order valence-electron chi connectivity index (χ2n) is 4.96. The summed E-state index contributed by atoms with van der Waals surface area (Å²) >= 11 is 5.92. The molecule has 0 atom stereocenters. The molecule has 0 saturated carbocycles. The average Bonchev–Trinajstić information content (AvgIpc) is 2.55. The van der Waals surface area contributed by atoms with Crippen molar-refractivity contribution in [1.29, 1.82) is 5.26 Å². The van der Waals surface area contributed by atoms with Crippen molar-refractivity contribution in [3.63, 3.8) is 0 Å². The van der Waals surface area contributed by atoms with Crippen molar-refractivity contribution >= 4 is 35.0 Å². The summed E-state index contributed by atoms with van der Waals surface area (Å²) in [6.07, 6.45) is 1.45. The summed E-state index contributed by atoms with van der Waals surface area (Å²) in [5, 5.41) is 22.3. The summed E-state index contributed by atoms with van der Waals surface area (Å²) in [5.74, 6) is -0.645. The van der Waals surface area contributed by atoms with E-state index < -0.39 is 10.8 Å². The van der Waals surface area contributed by atoms with Gasteiger partial charge in [0.25, 0.3) is 11.6 Å². The van der Waals surface area contributed by atoms with Crippen molar-refractivity contribution < 1.29 is 9.72 Å². The van der Waals surface area contributed by atoms with Gasteiger partial charge in [0, 0.05) is 12.1 Å². The molecular weight excluding hydrogens is 330 g/mol. The van der Waals surface area contributed by atoms with Gasteiger partial charge in [-0.25, -0.2) is 0 Å². The highest BCUT2D eigenvalue weighted by Crippen LogP contribution is 2.27. The fourth-order valence-electron chi connectivity index (χ4n) is 1.89. The van der Waals surface area contributed by atoms with Crippen molar-refractivity contribution in [3.8, 4) is 6.07 Å². The van der Waals surface area contributed by atoms with E-state index in [2.05, 4.69) is 5.32 Å². The first kappa shape index (κ1) is 17.2. The summed E-state index contributed by atoms with van der Waals surface area (Å²) in [4.78, 5) is 22.3. The van der Waals surface area contributed by atoms with Crippen molar-refractivity contribution in [1.82, 2.24) is 0 Å². The number of nitriles is 1. The number of non-ortho nitro benzene ring substituents is 1. The molecule has 0 saturated heterocycles. The molecule has 0 aliphatic heterocycles. The van der Waals surface area contributed by atoms with Gasteiger partial charge in [-0.3, -0.25) is 14.9 Å². The van der Waals surface area contributed by atoms with Crippen LogP contribution in [-0.2, 0) is 4.79 Å². The summed E-state index contributed by atoms with van der Waals surface area (Å²) in [7, 11) is 0. The number of halogens is 1. The molecule has 1 N–H and O–H groups in total. The van der Waals surface area contributed by atoms with Crippen LogP contribution < -0.4 is 5.32 Å². The summed E-state index contributed by atoms with van der Waals surface area (Å²) in [6, 6.07) is 12.8. The number of benzene rings is 2. The zero-order valence-corrected chi connectivity index (χ0v) is 13.4. The van der Waals surface area contributed by atoms with Crippen molar-refractivity contribution in [3.05, 3.63) is 74.3 Å². The number of nitrogens with one attached hydrogen (secondary N) is 1. The van der Waals surface area contributed by atoms with Gasteiger partial charge in [0.05, 0.1) is 15.6 Å². The molecule has 7 heteroatoms. The molecular formula is C17H12ClN3O3. The van der Waals surface area contributed by atoms with Crippen LogP contribution in [0.1, 0.15) is 11.1 Å². The normalized spacial score (nSPS) is 10.8. The molecule has 1 amide bonds. The molecule has 2 rings (SSSR count). The Hall–Kier alpha value is -3.17. The average molecular weight is 342 g/mol. The maximum absolute atomic E-state index is 12.2. The number of hydrogen-bond donors (Lipinski definition) is 1. The lowest BCUT2D eigenvalue weighted by atomic mass is 10.1. The van der Waals surface area contributed by atoms with E-state index in [-0.39, 0.29) is 22.0 Å². The van der Waals surface area contributed by atoms with Crippen LogP contribution in [0.5, 0.6) is 0 Å². The number of anilines is 1. The molecule has 2 aromatic rings. The first-order valence-corrected chi connectivity index (χ1v) is 7.22. The third-order valence-electron chi connectivity index (χ3n) is 3.17.